The molecule has 3 amide bonds. The zero-order valence-electron chi connectivity index (χ0n) is 19.1. The number of benzene rings is 1. The average molecular weight is 438 g/mol. The second kappa shape index (κ2) is 11.5. The molecule has 0 spiro atoms. The van der Waals surface area contributed by atoms with Crippen LogP contribution in [0.25, 0.3) is 0 Å². The van der Waals surface area contributed by atoms with Crippen molar-refractivity contribution in [1.29, 1.82) is 0 Å². The van der Waals surface area contributed by atoms with Gasteiger partial charge in [-0.2, -0.15) is 0 Å². The molecule has 0 aliphatic carbocycles. The Morgan fingerprint density at radius 2 is 1.71 bits per heavy atom. The van der Waals surface area contributed by atoms with Gasteiger partial charge in [0.15, 0.2) is 0 Å². The summed E-state index contributed by atoms with van der Waals surface area (Å²) in [5.41, 5.74) is -0.299. The summed E-state index contributed by atoms with van der Waals surface area (Å²) in [5.74, 6) is -1.04. The topological polar surface area (TPSA) is 128 Å². The zero-order valence-corrected chi connectivity index (χ0v) is 19.1. The fourth-order valence-electron chi connectivity index (χ4n) is 3.04. The van der Waals surface area contributed by atoms with Crippen LogP contribution in [0.1, 0.15) is 59.1 Å². The minimum atomic E-state index is -1.29. The summed E-state index contributed by atoms with van der Waals surface area (Å²) in [6, 6.07) is 3.51. The minimum absolute atomic E-state index is 0.0241. The van der Waals surface area contributed by atoms with Crippen LogP contribution in [-0.4, -0.2) is 64.4 Å². The first kappa shape index (κ1) is 26.2. The highest BCUT2D eigenvalue weighted by atomic mass is 16.6. The van der Waals surface area contributed by atoms with Crippen molar-refractivity contribution in [3.8, 4) is 5.75 Å². The van der Waals surface area contributed by atoms with Gasteiger partial charge in [0, 0.05) is 13.1 Å². The van der Waals surface area contributed by atoms with E-state index in [0.717, 1.165) is 12.8 Å². The largest absolute Gasteiger partial charge is 0.508 e. The molecule has 4 N–H and O–H groups in total. The molecule has 3 atom stereocenters. The van der Waals surface area contributed by atoms with E-state index in [2.05, 4.69) is 10.6 Å². The van der Waals surface area contributed by atoms with E-state index in [0.29, 0.717) is 5.56 Å². The molecule has 0 aliphatic heterocycles. The van der Waals surface area contributed by atoms with Crippen LogP contribution in [0.2, 0.25) is 0 Å². The number of phenolic OH excluding ortho intramolecular Hbond substituents is 1. The first-order valence-corrected chi connectivity index (χ1v) is 10.4. The molecule has 3 unspecified atom stereocenters. The first-order chi connectivity index (χ1) is 14.4. The summed E-state index contributed by atoms with van der Waals surface area (Å²) in [5, 5.41) is 24.5. The van der Waals surface area contributed by atoms with Gasteiger partial charge in [0.25, 0.3) is 0 Å². The van der Waals surface area contributed by atoms with Gasteiger partial charge >= 0.3 is 6.09 Å². The number of amides is 3. The van der Waals surface area contributed by atoms with Gasteiger partial charge in [-0.1, -0.05) is 25.5 Å². The first-order valence-electron chi connectivity index (χ1n) is 10.4. The Morgan fingerprint density at radius 3 is 2.19 bits per heavy atom. The molecule has 0 radical (unpaired) electrons. The number of carbonyl (C=O) groups excluding carboxylic acids is 3. The third kappa shape index (κ3) is 8.45. The van der Waals surface area contributed by atoms with E-state index in [1.165, 1.54) is 24.1 Å². The van der Waals surface area contributed by atoms with Crippen LogP contribution in [0.15, 0.2) is 24.3 Å². The molecule has 31 heavy (non-hydrogen) atoms. The van der Waals surface area contributed by atoms with E-state index in [9.17, 15) is 24.6 Å². The monoisotopic (exact) mass is 437 g/mol. The molecule has 0 aromatic heterocycles. The lowest BCUT2D eigenvalue weighted by Crippen LogP contribution is -2.53. The Labute approximate surface area is 183 Å². The molecule has 1 rings (SSSR count). The summed E-state index contributed by atoms with van der Waals surface area (Å²) in [7, 11) is 1.42. The normalized spacial score (nSPS) is 14.2. The maximum absolute atomic E-state index is 13.0. The van der Waals surface area contributed by atoms with Crippen molar-refractivity contribution in [2.75, 3.05) is 13.7 Å². The Hall–Kier alpha value is -2.81. The predicted molar refractivity (Wildman–Crippen MR) is 116 cm³/mol. The molecule has 0 aliphatic rings. The number of hydrogen-bond donors (Lipinski definition) is 4. The number of rotatable bonds is 9. The predicted octanol–water partition coefficient (Wildman–Crippen LogP) is 2.08. The van der Waals surface area contributed by atoms with Crippen molar-refractivity contribution >= 4 is 17.9 Å². The number of phenols is 1. The SMILES string of the molecule is CCCC(C)NC(=O)C(c1ccc(O)cc1)N(C)C(=O)C(CO)NC(=O)OC(C)(C)C. The number of ether oxygens (including phenoxy) is 1. The number of aromatic hydroxyl groups is 1. The van der Waals surface area contributed by atoms with Gasteiger partial charge in [0.1, 0.15) is 23.4 Å². The molecule has 0 heterocycles. The van der Waals surface area contributed by atoms with Gasteiger partial charge in [-0.25, -0.2) is 4.79 Å². The number of alkyl carbamates (subject to hydrolysis) is 1. The molecule has 0 saturated carbocycles. The highest BCUT2D eigenvalue weighted by Crippen LogP contribution is 2.23. The lowest BCUT2D eigenvalue weighted by Gasteiger charge is -2.31. The highest BCUT2D eigenvalue weighted by Gasteiger charge is 2.34. The average Bonchev–Trinajstić information content (AvgIpc) is 2.65. The Morgan fingerprint density at radius 1 is 1.13 bits per heavy atom. The molecule has 9 nitrogen and oxygen atoms in total. The number of carbonyl (C=O) groups is 3. The summed E-state index contributed by atoms with van der Waals surface area (Å²) in [6.45, 7) is 8.24. The molecular formula is C22H35N3O6. The van der Waals surface area contributed by atoms with Gasteiger partial charge in [-0.3, -0.25) is 9.59 Å². The second-order valence-corrected chi connectivity index (χ2v) is 8.52. The molecule has 1 aromatic carbocycles. The molecule has 9 heteroatoms. The summed E-state index contributed by atoms with van der Waals surface area (Å²) >= 11 is 0. The Balaban J connectivity index is 3.12. The van der Waals surface area contributed by atoms with E-state index in [1.54, 1.807) is 32.9 Å². The Bertz CT molecular complexity index is 745. The molecule has 0 fully saturated rings. The van der Waals surface area contributed by atoms with E-state index >= 15 is 0 Å². The van der Waals surface area contributed by atoms with Crippen LogP contribution in [0, 0.1) is 0 Å². The molecule has 0 bridgehead atoms. The van der Waals surface area contributed by atoms with Gasteiger partial charge in [0.2, 0.25) is 11.8 Å². The van der Waals surface area contributed by atoms with Gasteiger partial charge in [-0.05, 0) is 51.8 Å². The maximum atomic E-state index is 13.0. The standard InChI is InChI=1S/C22H35N3O6/c1-7-8-14(2)23-19(28)18(15-9-11-16(27)12-10-15)25(6)20(29)17(13-26)24-21(30)31-22(3,4)5/h9-12,14,17-18,26-27H,7-8,13H2,1-6H3,(H,23,28)(H,24,30). The number of hydrogen-bond acceptors (Lipinski definition) is 6. The van der Waals surface area contributed by atoms with Crippen LogP contribution in [0.3, 0.4) is 0 Å². The number of likely N-dealkylation sites (N-methyl/N-ethyl adjacent to an activating group) is 1. The maximum Gasteiger partial charge on any atom is 0.408 e. The molecule has 174 valence electrons. The van der Waals surface area contributed by atoms with Crippen LogP contribution in [0.4, 0.5) is 4.79 Å². The van der Waals surface area contributed by atoms with Crippen LogP contribution in [-0.2, 0) is 14.3 Å². The van der Waals surface area contributed by atoms with Crippen LogP contribution < -0.4 is 10.6 Å². The summed E-state index contributed by atoms with van der Waals surface area (Å²) in [6.07, 6.45) is 0.799. The number of nitrogens with one attached hydrogen (secondary N) is 2. The molecule has 0 saturated heterocycles. The third-order valence-electron chi connectivity index (χ3n) is 4.47. The van der Waals surface area contributed by atoms with E-state index < -0.39 is 42.2 Å². The quantitative estimate of drug-likeness (QED) is 0.468. The summed E-state index contributed by atoms with van der Waals surface area (Å²) in [4.78, 5) is 39.3. The number of nitrogens with zero attached hydrogens (tertiary/aromatic N) is 1. The van der Waals surface area contributed by atoms with Crippen LogP contribution >= 0.6 is 0 Å². The fourth-order valence-corrected chi connectivity index (χ4v) is 3.04. The van der Waals surface area contributed by atoms with E-state index in [4.69, 9.17) is 4.74 Å². The van der Waals surface area contributed by atoms with Crippen molar-refractivity contribution in [2.24, 2.45) is 0 Å². The summed E-state index contributed by atoms with van der Waals surface area (Å²) < 4.78 is 5.15. The second-order valence-electron chi connectivity index (χ2n) is 8.52. The van der Waals surface area contributed by atoms with Crippen molar-refractivity contribution in [3.05, 3.63) is 29.8 Å². The number of aliphatic hydroxyl groups excluding tert-OH is 1. The van der Waals surface area contributed by atoms with E-state index in [-0.39, 0.29) is 11.8 Å². The van der Waals surface area contributed by atoms with Gasteiger partial charge < -0.3 is 30.5 Å². The van der Waals surface area contributed by atoms with Gasteiger partial charge in [0.05, 0.1) is 6.61 Å². The van der Waals surface area contributed by atoms with Gasteiger partial charge in [-0.15, -0.1) is 0 Å². The van der Waals surface area contributed by atoms with Crippen molar-refractivity contribution in [3.63, 3.8) is 0 Å². The lowest BCUT2D eigenvalue weighted by atomic mass is 10.0. The zero-order chi connectivity index (χ0) is 23.8. The van der Waals surface area contributed by atoms with Crippen molar-refractivity contribution < 1.29 is 29.3 Å². The van der Waals surface area contributed by atoms with Crippen molar-refractivity contribution in [2.45, 2.75) is 71.2 Å². The highest BCUT2D eigenvalue weighted by molar-refractivity contribution is 5.92. The third-order valence-corrected chi connectivity index (χ3v) is 4.47. The molecule has 1 aromatic rings. The Kier molecular flexibility index (Phi) is 9.77. The van der Waals surface area contributed by atoms with E-state index in [1.807, 2.05) is 13.8 Å². The minimum Gasteiger partial charge on any atom is -0.508 e. The number of aliphatic hydroxyl groups is 1. The lowest BCUT2D eigenvalue weighted by molar-refractivity contribution is -0.141. The van der Waals surface area contributed by atoms with Crippen LogP contribution in [0.5, 0.6) is 5.75 Å². The smallest absolute Gasteiger partial charge is 0.408 e. The molecular weight excluding hydrogens is 402 g/mol. The van der Waals surface area contributed by atoms with Crippen molar-refractivity contribution in [1.82, 2.24) is 15.5 Å². The fraction of sp³-hybridized carbons (Fsp3) is 0.591.